The van der Waals surface area contributed by atoms with Crippen molar-refractivity contribution in [1.82, 2.24) is 9.97 Å². The molecule has 0 saturated carbocycles. The molecule has 0 atom stereocenters. The van der Waals surface area contributed by atoms with Crippen molar-refractivity contribution in [2.45, 2.75) is 25.9 Å². The van der Waals surface area contributed by atoms with Crippen molar-refractivity contribution in [2.24, 2.45) is 0 Å². The van der Waals surface area contributed by atoms with Crippen LogP contribution in [0.3, 0.4) is 0 Å². The lowest BCUT2D eigenvalue weighted by Crippen LogP contribution is -2.05. The maximum Gasteiger partial charge on any atom is 0.167 e. The van der Waals surface area contributed by atoms with Crippen molar-refractivity contribution in [2.75, 3.05) is 0 Å². The van der Waals surface area contributed by atoms with Gasteiger partial charge >= 0.3 is 0 Å². The molecule has 0 aliphatic heterocycles. The average Bonchev–Trinajstić information content (AvgIpc) is 2.86. The largest absolute Gasteiger partial charge is 0.486 e. The Morgan fingerprint density at radius 1 is 1.11 bits per heavy atom. The maximum absolute atomic E-state index is 6.15. The van der Waals surface area contributed by atoms with Gasteiger partial charge in [-0.3, -0.25) is 0 Å². The summed E-state index contributed by atoms with van der Waals surface area (Å²) in [5.41, 5.74) is 2.20. The van der Waals surface area contributed by atoms with Gasteiger partial charge in [0.2, 0.25) is 0 Å². The minimum Gasteiger partial charge on any atom is -0.486 e. The van der Waals surface area contributed by atoms with Crippen molar-refractivity contribution in [3.63, 3.8) is 0 Å². The molecule has 0 saturated heterocycles. The predicted octanol–water partition coefficient (Wildman–Crippen LogP) is 3.20. The van der Waals surface area contributed by atoms with E-state index >= 15 is 0 Å². The Hall–Kier alpha value is -1.61. The number of rotatable bonds is 3. The van der Waals surface area contributed by atoms with E-state index in [-0.39, 0.29) is 0 Å². The van der Waals surface area contributed by atoms with Crippen LogP contribution in [0.5, 0.6) is 5.75 Å². The summed E-state index contributed by atoms with van der Waals surface area (Å²) in [6, 6.07) is 9.65. The van der Waals surface area contributed by atoms with Crippen LogP contribution < -0.4 is 4.74 Å². The fraction of sp³-hybridized carbons (Fsp3) is 0.286. The summed E-state index contributed by atoms with van der Waals surface area (Å²) in [5.74, 6) is 1.47. The highest BCUT2D eigenvalue weighted by Crippen LogP contribution is 2.26. The highest BCUT2D eigenvalue weighted by Gasteiger charge is 2.18. The minimum absolute atomic E-state index is 0.358. The molecule has 3 rings (SSSR count). The van der Waals surface area contributed by atoms with Crippen LogP contribution in [0.4, 0.5) is 0 Å². The maximum atomic E-state index is 6.15. The topological polar surface area (TPSA) is 35.0 Å². The third kappa shape index (κ3) is 2.31. The summed E-state index contributed by atoms with van der Waals surface area (Å²) in [5, 5.41) is 0.587. The summed E-state index contributed by atoms with van der Waals surface area (Å²) in [6.07, 6.45) is 3.11. The molecule has 2 aromatic rings. The molecule has 1 heterocycles. The number of aryl methyl sites for hydroxylation is 1. The number of para-hydroxylation sites is 1. The number of halogens is 1. The summed E-state index contributed by atoms with van der Waals surface area (Å²) in [7, 11) is 0. The van der Waals surface area contributed by atoms with E-state index in [1.54, 1.807) is 0 Å². The standard InChI is InChI=1S/C14H13ClN2O/c15-14-11-7-4-8-12(11)16-13(17-14)9-18-10-5-2-1-3-6-10/h1-3,5-6H,4,7-9H2. The minimum atomic E-state index is 0.358. The van der Waals surface area contributed by atoms with E-state index in [1.165, 1.54) is 0 Å². The molecule has 0 amide bonds. The molecule has 1 aliphatic rings. The van der Waals surface area contributed by atoms with Crippen LogP contribution in [-0.4, -0.2) is 9.97 Å². The van der Waals surface area contributed by atoms with Crippen molar-refractivity contribution >= 4 is 11.6 Å². The predicted molar refractivity (Wildman–Crippen MR) is 69.8 cm³/mol. The van der Waals surface area contributed by atoms with Crippen LogP contribution >= 0.6 is 11.6 Å². The Morgan fingerprint density at radius 2 is 1.94 bits per heavy atom. The zero-order valence-corrected chi connectivity index (χ0v) is 10.7. The zero-order chi connectivity index (χ0) is 12.4. The zero-order valence-electron chi connectivity index (χ0n) is 9.90. The molecule has 3 nitrogen and oxygen atoms in total. The number of hydrogen-bond acceptors (Lipinski definition) is 3. The molecule has 0 unspecified atom stereocenters. The van der Waals surface area contributed by atoms with Gasteiger partial charge in [-0.1, -0.05) is 29.8 Å². The van der Waals surface area contributed by atoms with E-state index in [1.807, 2.05) is 30.3 Å². The first-order chi connectivity index (χ1) is 8.83. The average molecular weight is 261 g/mol. The van der Waals surface area contributed by atoms with Gasteiger partial charge in [-0.15, -0.1) is 0 Å². The molecule has 0 bridgehead atoms. The molecule has 1 aromatic heterocycles. The Kier molecular flexibility index (Phi) is 3.15. The number of nitrogens with zero attached hydrogens (tertiary/aromatic N) is 2. The van der Waals surface area contributed by atoms with E-state index in [4.69, 9.17) is 16.3 Å². The Balaban J connectivity index is 1.76. The van der Waals surface area contributed by atoms with Gasteiger partial charge in [-0.25, -0.2) is 9.97 Å². The molecule has 1 aromatic carbocycles. The van der Waals surface area contributed by atoms with E-state index in [0.717, 1.165) is 36.3 Å². The molecular formula is C14H13ClN2O. The van der Waals surface area contributed by atoms with Crippen LogP contribution in [0, 0.1) is 0 Å². The van der Waals surface area contributed by atoms with Crippen LogP contribution in [0.15, 0.2) is 30.3 Å². The van der Waals surface area contributed by atoms with Crippen molar-refractivity contribution in [3.05, 3.63) is 52.6 Å². The van der Waals surface area contributed by atoms with Gasteiger partial charge in [-0.05, 0) is 31.4 Å². The Bertz CT molecular complexity index is 557. The second-order valence-corrected chi connectivity index (χ2v) is 4.67. The molecule has 0 fully saturated rings. The van der Waals surface area contributed by atoms with Crippen molar-refractivity contribution in [3.8, 4) is 5.75 Å². The number of hydrogen-bond donors (Lipinski definition) is 0. The van der Waals surface area contributed by atoms with Gasteiger partial charge < -0.3 is 4.74 Å². The van der Waals surface area contributed by atoms with Gasteiger partial charge in [0.25, 0.3) is 0 Å². The first kappa shape index (κ1) is 11.5. The lowest BCUT2D eigenvalue weighted by Gasteiger charge is -2.07. The molecule has 0 spiro atoms. The molecule has 4 heteroatoms. The van der Waals surface area contributed by atoms with Crippen LogP contribution in [-0.2, 0) is 19.4 Å². The smallest absolute Gasteiger partial charge is 0.167 e. The highest BCUT2D eigenvalue weighted by molar-refractivity contribution is 6.30. The molecule has 92 valence electrons. The quantitative estimate of drug-likeness (QED) is 0.795. The summed E-state index contributed by atoms with van der Waals surface area (Å²) >= 11 is 6.15. The van der Waals surface area contributed by atoms with Crippen molar-refractivity contribution in [1.29, 1.82) is 0 Å². The lowest BCUT2D eigenvalue weighted by molar-refractivity contribution is 0.295. The van der Waals surface area contributed by atoms with Gasteiger partial charge in [0.15, 0.2) is 5.82 Å². The molecule has 1 aliphatic carbocycles. The summed E-state index contributed by atoms with van der Waals surface area (Å²) in [6.45, 7) is 0.358. The second kappa shape index (κ2) is 4.94. The number of benzene rings is 1. The fourth-order valence-corrected chi connectivity index (χ4v) is 2.47. The Morgan fingerprint density at radius 3 is 2.78 bits per heavy atom. The molecule has 0 N–H and O–H groups in total. The van der Waals surface area contributed by atoms with E-state index in [9.17, 15) is 0 Å². The second-order valence-electron chi connectivity index (χ2n) is 4.31. The first-order valence-corrected chi connectivity index (χ1v) is 6.43. The normalized spacial score (nSPS) is 13.4. The van der Waals surface area contributed by atoms with E-state index in [2.05, 4.69) is 9.97 Å². The molecule has 18 heavy (non-hydrogen) atoms. The third-order valence-electron chi connectivity index (χ3n) is 3.04. The first-order valence-electron chi connectivity index (χ1n) is 6.05. The molecular weight excluding hydrogens is 248 g/mol. The number of aromatic nitrogens is 2. The number of fused-ring (bicyclic) bond motifs is 1. The van der Waals surface area contributed by atoms with Gasteiger partial charge in [0.05, 0.1) is 0 Å². The molecule has 0 radical (unpaired) electrons. The monoisotopic (exact) mass is 260 g/mol. The van der Waals surface area contributed by atoms with Gasteiger partial charge in [0.1, 0.15) is 17.5 Å². The summed E-state index contributed by atoms with van der Waals surface area (Å²) < 4.78 is 5.62. The van der Waals surface area contributed by atoms with Crippen molar-refractivity contribution < 1.29 is 4.74 Å². The van der Waals surface area contributed by atoms with E-state index in [0.29, 0.717) is 17.6 Å². The van der Waals surface area contributed by atoms with Crippen LogP contribution in [0.25, 0.3) is 0 Å². The third-order valence-corrected chi connectivity index (χ3v) is 3.35. The lowest BCUT2D eigenvalue weighted by atomic mass is 10.3. The SMILES string of the molecule is Clc1nc(COc2ccccc2)nc2c1CCC2. The fourth-order valence-electron chi connectivity index (χ4n) is 2.16. The van der Waals surface area contributed by atoms with Gasteiger partial charge in [-0.2, -0.15) is 0 Å². The van der Waals surface area contributed by atoms with Crippen LogP contribution in [0.2, 0.25) is 5.15 Å². The summed E-state index contributed by atoms with van der Waals surface area (Å²) in [4.78, 5) is 8.80. The van der Waals surface area contributed by atoms with Crippen LogP contribution in [0.1, 0.15) is 23.5 Å². The highest BCUT2D eigenvalue weighted by atomic mass is 35.5. The van der Waals surface area contributed by atoms with Gasteiger partial charge in [0, 0.05) is 11.3 Å². The van der Waals surface area contributed by atoms with E-state index < -0.39 is 0 Å². The number of ether oxygens (including phenoxy) is 1. The Labute approximate surface area is 111 Å².